The van der Waals surface area contributed by atoms with Crippen molar-refractivity contribution in [2.45, 2.75) is 81.0 Å². The van der Waals surface area contributed by atoms with Gasteiger partial charge in [-0.25, -0.2) is 0 Å². The predicted molar refractivity (Wildman–Crippen MR) is 112 cm³/mol. The first-order valence-corrected chi connectivity index (χ1v) is 10.9. The third-order valence-corrected chi connectivity index (χ3v) is 7.67. The molecule has 0 atom stereocenters. The van der Waals surface area contributed by atoms with E-state index in [9.17, 15) is 0 Å². The third kappa shape index (κ3) is 2.37. The van der Waals surface area contributed by atoms with Crippen molar-refractivity contribution in [3.05, 3.63) is 47.8 Å². The number of para-hydroxylation sites is 1. The summed E-state index contributed by atoms with van der Waals surface area (Å²) in [6, 6.07) is 12.0. The number of hydrogen-bond donors (Lipinski definition) is 0. The van der Waals surface area contributed by atoms with Gasteiger partial charge in [-0.1, -0.05) is 52.0 Å². The molecule has 0 radical (unpaired) electrons. The monoisotopic (exact) mass is 376 g/mol. The van der Waals surface area contributed by atoms with Crippen molar-refractivity contribution in [2.24, 2.45) is 0 Å². The molecule has 1 aliphatic carbocycles. The maximum absolute atomic E-state index is 3.66. The Morgan fingerprint density at radius 3 is 2.33 bits per heavy atom. The van der Waals surface area contributed by atoms with Gasteiger partial charge in [-0.2, -0.15) is 0 Å². The van der Waals surface area contributed by atoms with Crippen LogP contribution in [-0.2, 0) is 10.8 Å². The molecule has 1 aliphatic heterocycles. The molecule has 0 spiro atoms. The quantitative estimate of drug-likeness (QED) is 0.287. The Balaban J connectivity index is 1.84. The van der Waals surface area contributed by atoms with Gasteiger partial charge in [0.2, 0.25) is 6.33 Å². The summed E-state index contributed by atoms with van der Waals surface area (Å²) in [6.45, 7) is 14.1. The summed E-state index contributed by atoms with van der Waals surface area (Å²) in [7, 11) is 0. The molecule has 0 saturated carbocycles. The normalized spacial score (nSPS) is 19.2. The molecule has 2 nitrogen and oxygen atoms in total. The molecule has 3 aromatic rings. The standard InChI is InChI=1S/C24H28N2S/c1-15(2)25-14-26-19-12-16-17(24(5,6)11-10-23(16,3)4)13-21(19)27-20-9-7-8-18(25)22(20)26/h7-9,12-13,15H,10-11H2,1-6H3. The summed E-state index contributed by atoms with van der Waals surface area (Å²) in [6.07, 6.45) is 6.15. The van der Waals surface area contributed by atoms with E-state index in [1.165, 1.54) is 50.5 Å². The average Bonchev–Trinajstić information content (AvgIpc) is 3.00. The van der Waals surface area contributed by atoms with Crippen LogP contribution in [0.5, 0.6) is 0 Å². The van der Waals surface area contributed by atoms with Gasteiger partial charge in [0.1, 0.15) is 0 Å². The minimum atomic E-state index is 0.224. The topological polar surface area (TPSA) is 8.81 Å². The second-order valence-electron chi connectivity index (χ2n) is 9.76. The summed E-state index contributed by atoms with van der Waals surface area (Å²) < 4.78 is 4.59. The van der Waals surface area contributed by atoms with Crippen LogP contribution in [0.1, 0.15) is 71.6 Å². The zero-order valence-corrected chi connectivity index (χ0v) is 18.0. The molecular weight excluding hydrogens is 348 g/mol. The molecule has 27 heavy (non-hydrogen) atoms. The number of aromatic nitrogens is 2. The number of rotatable bonds is 1. The molecule has 3 heteroatoms. The number of benzene rings is 2. The van der Waals surface area contributed by atoms with E-state index in [1.54, 1.807) is 0 Å². The molecule has 5 rings (SSSR count). The zero-order chi connectivity index (χ0) is 19.1. The molecule has 2 aromatic carbocycles. The maximum atomic E-state index is 3.66. The van der Waals surface area contributed by atoms with Crippen LogP contribution in [-0.4, -0.2) is 4.57 Å². The molecule has 0 saturated heterocycles. The van der Waals surface area contributed by atoms with Crippen LogP contribution in [0.15, 0.2) is 40.1 Å². The molecule has 140 valence electrons. The van der Waals surface area contributed by atoms with E-state index < -0.39 is 0 Å². The van der Waals surface area contributed by atoms with E-state index in [0.717, 1.165) is 0 Å². The van der Waals surface area contributed by atoms with Gasteiger partial charge in [-0.05, 0) is 54.7 Å². The number of fused-ring (bicyclic) bond motifs is 3. The van der Waals surface area contributed by atoms with Crippen LogP contribution in [0, 0.1) is 6.33 Å². The van der Waals surface area contributed by atoms with Crippen molar-refractivity contribution < 1.29 is 4.57 Å². The van der Waals surface area contributed by atoms with Gasteiger partial charge in [0.05, 0.1) is 22.8 Å². The van der Waals surface area contributed by atoms with E-state index in [1.807, 2.05) is 11.8 Å². The summed E-state index contributed by atoms with van der Waals surface area (Å²) in [5.41, 5.74) is 7.39. The van der Waals surface area contributed by atoms with Gasteiger partial charge in [-0.15, -0.1) is 11.8 Å². The molecule has 0 fully saturated rings. The lowest BCUT2D eigenvalue weighted by molar-refractivity contribution is -0.577. The highest BCUT2D eigenvalue weighted by atomic mass is 32.2. The fourth-order valence-electron chi connectivity index (χ4n) is 4.75. The molecule has 2 aliphatic rings. The summed E-state index contributed by atoms with van der Waals surface area (Å²) in [4.78, 5) is 2.70. The number of hydrogen-bond acceptors (Lipinski definition) is 1. The Morgan fingerprint density at radius 2 is 1.67 bits per heavy atom. The van der Waals surface area contributed by atoms with E-state index in [4.69, 9.17) is 0 Å². The molecule has 0 bridgehead atoms. The maximum Gasteiger partial charge on any atom is 0.244 e. The smallest absolute Gasteiger partial charge is 0.244 e. The summed E-state index contributed by atoms with van der Waals surface area (Å²) in [5, 5.41) is 0. The molecule has 0 amide bonds. The first kappa shape index (κ1) is 17.4. The van der Waals surface area contributed by atoms with Crippen LogP contribution in [0.4, 0.5) is 0 Å². The lowest BCUT2D eigenvalue weighted by Gasteiger charge is -2.43. The predicted octanol–water partition coefficient (Wildman–Crippen LogP) is 6.11. The Kier molecular flexibility index (Phi) is 3.48. The largest absolute Gasteiger partial charge is 0.317 e. The summed E-state index contributed by atoms with van der Waals surface area (Å²) in [5.74, 6) is 0. The Hall–Kier alpha value is -1.74. The minimum Gasteiger partial charge on any atom is -0.317 e. The van der Waals surface area contributed by atoms with Gasteiger partial charge in [-0.3, -0.25) is 0 Å². The van der Waals surface area contributed by atoms with Crippen molar-refractivity contribution in [1.82, 2.24) is 4.57 Å². The van der Waals surface area contributed by atoms with Crippen molar-refractivity contribution in [2.75, 3.05) is 0 Å². The minimum absolute atomic E-state index is 0.224. The van der Waals surface area contributed by atoms with E-state index in [-0.39, 0.29) is 10.8 Å². The molecule has 0 unspecified atom stereocenters. The first-order valence-electron chi connectivity index (χ1n) is 10.0. The molecule has 1 aromatic heterocycles. The highest BCUT2D eigenvalue weighted by Gasteiger charge is 2.38. The zero-order valence-electron chi connectivity index (χ0n) is 17.2. The van der Waals surface area contributed by atoms with E-state index in [0.29, 0.717) is 6.04 Å². The highest BCUT2D eigenvalue weighted by molar-refractivity contribution is 7.99. The van der Waals surface area contributed by atoms with Crippen molar-refractivity contribution in [3.8, 4) is 5.69 Å². The number of nitrogens with zero attached hydrogens (tertiary/aromatic N) is 2. The lowest BCUT2D eigenvalue weighted by atomic mass is 9.63. The van der Waals surface area contributed by atoms with E-state index in [2.05, 4.69) is 87.3 Å². The fourth-order valence-corrected chi connectivity index (χ4v) is 5.86. The van der Waals surface area contributed by atoms with Gasteiger partial charge in [0.15, 0.2) is 0 Å². The fraction of sp³-hybridized carbons (Fsp3) is 0.458. The van der Waals surface area contributed by atoms with Crippen molar-refractivity contribution in [1.29, 1.82) is 0 Å². The first-order chi connectivity index (χ1) is 12.7. The van der Waals surface area contributed by atoms with Gasteiger partial charge >= 0.3 is 0 Å². The van der Waals surface area contributed by atoms with Crippen LogP contribution in [0.2, 0.25) is 0 Å². The molecular formula is C24H28N2S. The highest BCUT2D eigenvalue weighted by Crippen LogP contribution is 2.49. The van der Waals surface area contributed by atoms with Crippen LogP contribution in [0.25, 0.3) is 16.7 Å². The Bertz CT molecular complexity index is 1090. The van der Waals surface area contributed by atoms with Gasteiger partial charge in [0, 0.05) is 9.79 Å². The molecule has 0 N–H and O–H groups in total. The third-order valence-electron chi connectivity index (χ3n) is 6.58. The van der Waals surface area contributed by atoms with Crippen molar-refractivity contribution >= 4 is 22.8 Å². The van der Waals surface area contributed by atoms with Crippen molar-refractivity contribution in [3.63, 3.8) is 0 Å². The number of imidazole rings is 1. The van der Waals surface area contributed by atoms with Crippen LogP contribution >= 0.6 is 11.8 Å². The van der Waals surface area contributed by atoms with Crippen LogP contribution < -0.4 is 4.57 Å². The average molecular weight is 377 g/mol. The van der Waals surface area contributed by atoms with Gasteiger partial charge < -0.3 is 9.13 Å². The van der Waals surface area contributed by atoms with E-state index >= 15 is 0 Å². The SMILES string of the molecule is CC(C)n1[c-][n+]2c3c(cccc31)Sc1cc3c(cc1-2)C(C)(C)CCC3(C)C. The summed E-state index contributed by atoms with van der Waals surface area (Å²) >= 11 is 1.92. The Labute approximate surface area is 166 Å². The lowest BCUT2D eigenvalue weighted by Crippen LogP contribution is -2.37. The Morgan fingerprint density at radius 1 is 1.00 bits per heavy atom. The second kappa shape index (κ2) is 5.41. The van der Waals surface area contributed by atoms with Gasteiger partial charge in [0.25, 0.3) is 0 Å². The molecule has 2 heterocycles. The second-order valence-corrected chi connectivity index (χ2v) is 10.8. The van der Waals surface area contributed by atoms with Crippen LogP contribution in [0.3, 0.4) is 0 Å².